The van der Waals surface area contributed by atoms with Crippen molar-refractivity contribution in [1.82, 2.24) is 15.1 Å². The Hall–Kier alpha value is -1.82. The minimum atomic E-state index is -0.220. The van der Waals surface area contributed by atoms with E-state index in [9.17, 15) is 9.18 Å². The minimum Gasteiger partial charge on any atom is -0.342 e. The van der Waals surface area contributed by atoms with E-state index < -0.39 is 0 Å². The molecule has 1 amide bonds. The Morgan fingerprint density at radius 3 is 3.04 bits per heavy atom. The van der Waals surface area contributed by atoms with Crippen LogP contribution in [0.3, 0.4) is 0 Å². The molecule has 0 aliphatic carbocycles. The van der Waals surface area contributed by atoms with Crippen LogP contribution in [0.5, 0.6) is 0 Å². The van der Waals surface area contributed by atoms with Gasteiger partial charge in [0.05, 0.1) is 0 Å². The van der Waals surface area contributed by atoms with Crippen LogP contribution in [0, 0.1) is 5.82 Å². The summed E-state index contributed by atoms with van der Waals surface area (Å²) in [6, 6.07) is 8.66. The normalized spacial score (nSPS) is 18.1. The van der Waals surface area contributed by atoms with E-state index in [1.165, 1.54) is 17.8 Å². The van der Waals surface area contributed by atoms with E-state index in [1.54, 1.807) is 18.3 Å². The number of aromatic nitrogens is 2. The van der Waals surface area contributed by atoms with Crippen LogP contribution in [0.25, 0.3) is 0 Å². The number of nitrogens with zero attached hydrogens (tertiary/aromatic N) is 2. The van der Waals surface area contributed by atoms with Gasteiger partial charge in [0.25, 0.3) is 0 Å². The highest BCUT2D eigenvalue weighted by Crippen LogP contribution is 2.26. The standard InChI is InChI=1S/C17H20FN3OS/c18-14-5-1-2-6-16(14)23-11-8-17(22)21-10-3-4-13(12-21)15-7-9-19-20-15/h1-2,5-7,9,13H,3-4,8,10-12H2,(H,19,20). The SMILES string of the molecule is O=C(CCSc1ccccc1F)N1CCCC(c2ccn[nH]2)C1. The van der Waals surface area contributed by atoms with Gasteiger partial charge in [0.15, 0.2) is 0 Å². The molecule has 122 valence electrons. The molecule has 1 aliphatic heterocycles. The van der Waals surface area contributed by atoms with Gasteiger partial charge in [-0.25, -0.2) is 4.39 Å². The smallest absolute Gasteiger partial charge is 0.223 e. The van der Waals surface area contributed by atoms with Crippen LogP contribution in [-0.4, -0.2) is 39.8 Å². The lowest BCUT2D eigenvalue weighted by molar-refractivity contribution is -0.131. The molecule has 0 radical (unpaired) electrons. The average molecular weight is 333 g/mol. The third kappa shape index (κ3) is 4.13. The zero-order chi connectivity index (χ0) is 16.1. The second kappa shape index (κ2) is 7.64. The number of H-pyrrole nitrogens is 1. The molecule has 1 aliphatic rings. The van der Waals surface area contributed by atoms with Gasteiger partial charge in [0.2, 0.25) is 5.91 Å². The van der Waals surface area contributed by atoms with E-state index in [1.807, 2.05) is 17.0 Å². The number of hydrogen-bond donors (Lipinski definition) is 1. The Morgan fingerprint density at radius 1 is 1.39 bits per heavy atom. The number of nitrogens with one attached hydrogen (secondary N) is 1. The van der Waals surface area contributed by atoms with Crippen molar-refractivity contribution in [3.8, 4) is 0 Å². The fourth-order valence-corrected chi connectivity index (χ4v) is 3.80. The molecule has 1 fully saturated rings. The summed E-state index contributed by atoms with van der Waals surface area (Å²) in [5.74, 6) is 0.875. The molecular weight excluding hydrogens is 313 g/mol. The number of benzene rings is 1. The second-order valence-electron chi connectivity index (χ2n) is 5.72. The second-order valence-corrected chi connectivity index (χ2v) is 6.86. The zero-order valence-electron chi connectivity index (χ0n) is 12.9. The topological polar surface area (TPSA) is 49.0 Å². The summed E-state index contributed by atoms with van der Waals surface area (Å²) >= 11 is 1.40. The van der Waals surface area contributed by atoms with E-state index in [-0.39, 0.29) is 11.7 Å². The molecule has 0 saturated carbocycles. The van der Waals surface area contributed by atoms with Crippen molar-refractivity contribution in [2.75, 3.05) is 18.8 Å². The van der Waals surface area contributed by atoms with Crippen molar-refractivity contribution < 1.29 is 9.18 Å². The molecule has 1 saturated heterocycles. The van der Waals surface area contributed by atoms with Crippen molar-refractivity contribution in [2.24, 2.45) is 0 Å². The molecule has 1 unspecified atom stereocenters. The Morgan fingerprint density at radius 2 is 2.26 bits per heavy atom. The van der Waals surface area contributed by atoms with Crippen LogP contribution in [0.2, 0.25) is 0 Å². The van der Waals surface area contributed by atoms with Crippen molar-refractivity contribution in [3.05, 3.63) is 48.0 Å². The maximum absolute atomic E-state index is 13.6. The number of amides is 1. The average Bonchev–Trinajstić information content (AvgIpc) is 3.11. The predicted molar refractivity (Wildman–Crippen MR) is 88.9 cm³/mol. The summed E-state index contributed by atoms with van der Waals surface area (Å²) in [7, 11) is 0. The van der Waals surface area contributed by atoms with Gasteiger partial charge in [0.1, 0.15) is 5.82 Å². The third-order valence-corrected chi connectivity index (χ3v) is 5.20. The Kier molecular flexibility index (Phi) is 5.33. The summed E-state index contributed by atoms with van der Waals surface area (Å²) < 4.78 is 13.6. The van der Waals surface area contributed by atoms with E-state index in [2.05, 4.69) is 10.2 Å². The number of carbonyl (C=O) groups is 1. The number of aromatic amines is 1. The number of piperidine rings is 1. The lowest BCUT2D eigenvalue weighted by Gasteiger charge is -2.32. The van der Waals surface area contributed by atoms with Gasteiger partial charge >= 0.3 is 0 Å². The zero-order valence-corrected chi connectivity index (χ0v) is 13.7. The summed E-state index contributed by atoms with van der Waals surface area (Å²) in [5.41, 5.74) is 1.10. The van der Waals surface area contributed by atoms with Gasteiger partial charge in [-0.05, 0) is 31.0 Å². The maximum Gasteiger partial charge on any atom is 0.223 e. The highest BCUT2D eigenvalue weighted by atomic mass is 32.2. The van der Waals surface area contributed by atoms with E-state index in [0.717, 1.165) is 31.6 Å². The van der Waals surface area contributed by atoms with Gasteiger partial charge in [-0.3, -0.25) is 9.89 Å². The molecule has 0 spiro atoms. The number of likely N-dealkylation sites (tertiary alicyclic amines) is 1. The van der Waals surface area contributed by atoms with Crippen molar-refractivity contribution in [3.63, 3.8) is 0 Å². The number of rotatable bonds is 5. The molecule has 0 bridgehead atoms. The van der Waals surface area contributed by atoms with Crippen molar-refractivity contribution in [2.45, 2.75) is 30.1 Å². The quantitative estimate of drug-likeness (QED) is 0.853. The highest BCUT2D eigenvalue weighted by molar-refractivity contribution is 7.99. The predicted octanol–water partition coefficient (Wildman–Crippen LogP) is 3.44. The van der Waals surface area contributed by atoms with Crippen LogP contribution >= 0.6 is 11.8 Å². The first kappa shape index (κ1) is 16.1. The van der Waals surface area contributed by atoms with Gasteiger partial charge in [0, 0.05) is 48.0 Å². The molecule has 2 aromatic rings. The summed E-state index contributed by atoms with van der Waals surface area (Å²) in [6.07, 6.45) is 4.28. The third-order valence-electron chi connectivity index (χ3n) is 4.15. The van der Waals surface area contributed by atoms with Crippen LogP contribution < -0.4 is 0 Å². The lowest BCUT2D eigenvalue weighted by atomic mass is 9.95. The lowest BCUT2D eigenvalue weighted by Crippen LogP contribution is -2.39. The Labute approximate surface area is 139 Å². The number of carbonyl (C=O) groups excluding carboxylic acids is 1. The number of thioether (sulfide) groups is 1. The Balaban J connectivity index is 1.49. The highest BCUT2D eigenvalue weighted by Gasteiger charge is 2.25. The molecule has 2 heterocycles. The van der Waals surface area contributed by atoms with Crippen LogP contribution in [0.1, 0.15) is 30.9 Å². The maximum atomic E-state index is 13.6. The Bertz CT molecular complexity index is 647. The summed E-state index contributed by atoms with van der Waals surface area (Å²) in [5, 5.41) is 6.99. The van der Waals surface area contributed by atoms with Crippen LogP contribution in [0.15, 0.2) is 41.4 Å². The molecule has 1 aromatic heterocycles. The van der Waals surface area contributed by atoms with E-state index >= 15 is 0 Å². The molecule has 1 N–H and O–H groups in total. The molecular formula is C17H20FN3OS. The molecule has 23 heavy (non-hydrogen) atoms. The molecule has 1 aromatic carbocycles. The fourth-order valence-electron chi connectivity index (χ4n) is 2.92. The largest absolute Gasteiger partial charge is 0.342 e. The number of halogens is 1. The van der Waals surface area contributed by atoms with Gasteiger partial charge in [-0.15, -0.1) is 11.8 Å². The van der Waals surface area contributed by atoms with Crippen LogP contribution in [0.4, 0.5) is 4.39 Å². The monoisotopic (exact) mass is 333 g/mol. The summed E-state index contributed by atoms with van der Waals surface area (Å²) in [4.78, 5) is 14.9. The van der Waals surface area contributed by atoms with Crippen LogP contribution in [-0.2, 0) is 4.79 Å². The summed E-state index contributed by atoms with van der Waals surface area (Å²) in [6.45, 7) is 1.55. The van der Waals surface area contributed by atoms with Crippen molar-refractivity contribution >= 4 is 17.7 Å². The molecule has 3 rings (SSSR count). The fraction of sp³-hybridized carbons (Fsp3) is 0.412. The van der Waals surface area contributed by atoms with Gasteiger partial charge in [-0.1, -0.05) is 12.1 Å². The first-order valence-electron chi connectivity index (χ1n) is 7.88. The van der Waals surface area contributed by atoms with Gasteiger partial charge < -0.3 is 4.90 Å². The van der Waals surface area contributed by atoms with E-state index in [0.29, 0.717) is 23.0 Å². The van der Waals surface area contributed by atoms with E-state index in [4.69, 9.17) is 0 Å². The molecule has 1 atom stereocenters. The van der Waals surface area contributed by atoms with Crippen molar-refractivity contribution in [1.29, 1.82) is 0 Å². The molecule has 6 heteroatoms. The number of hydrogen-bond acceptors (Lipinski definition) is 3. The van der Waals surface area contributed by atoms with Gasteiger partial charge in [-0.2, -0.15) is 5.10 Å². The molecule has 4 nitrogen and oxygen atoms in total. The first-order chi connectivity index (χ1) is 11.2. The first-order valence-corrected chi connectivity index (χ1v) is 8.87. The minimum absolute atomic E-state index is 0.151.